The minimum atomic E-state index is -0.701. The number of nitrogens with zero attached hydrogens (tertiary/aromatic N) is 1. The highest BCUT2D eigenvalue weighted by Gasteiger charge is 2.20. The molecule has 0 fully saturated rings. The second kappa shape index (κ2) is 8.88. The Balaban J connectivity index is 1.56. The van der Waals surface area contributed by atoms with Crippen molar-refractivity contribution in [2.45, 2.75) is 25.0 Å². The number of rotatable bonds is 7. The maximum absolute atomic E-state index is 12.5. The van der Waals surface area contributed by atoms with Gasteiger partial charge in [0.25, 0.3) is 11.9 Å². The van der Waals surface area contributed by atoms with Crippen molar-refractivity contribution < 1.29 is 14.3 Å². The Labute approximate surface area is 163 Å². The molecule has 7 heteroatoms. The van der Waals surface area contributed by atoms with E-state index >= 15 is 0 Å². The van der Waals surface area contributed by atoms with Gasteiger partial charge in [0.15, 0.2) is 6.10 Å². The summed E-state index contributed by atoms with van der Waals surface area (Å²) < 4.78 is 10.5. The van der Waals surface area contributed by atoms with E-state index in [1.54, 1.807) is 24.3 Å². The van der Waals surface area contributed by atoms with E-state index in [1.165, 1.54) is 7.11 Å². The number of aliphatic imine (C=N–C) groups is 1. The monoisotopic (exact) mass is 387 g/mol. The van der Waals surface area contributed by atoms with Gasteiger partial charge in [0.05, 0.1) is 6.04 Å². The number of nitrogens with two attached hydrogens (primary N) is 1. The van der Waals surface area contributed by atoms with Crippen LogP contribution in [0.5, 0.6) is 0 Å². The smallest absolute Gasteiger partial charge is 0.282 e. The van der Waals surface area contributed by atoms with Gasteiger partial charge in [-0.2, -0.15) is 0 Å². The largest absolute Gasteiger partial charge is 0.463 e. The molecule has 1 unspecified atom stereocenters. The van der Waals surface area contributed by atoms with Crippen molar-refractivity contribution in [2.75, 3.05) is 19.0 Å². The van der Waals surface area contributed by atoms with Crippen molar-refractivity contribution in [3.05, 3.63) is 64.7 Å². The summed E-state index contributed by atoms with van der Waals surface area (Å²) in [7, 11) is 1.50. The summed E-state index contributed by atoms with van der Waals surface area (Å²) in [5, 5.41) is 3.49. The molecule has 1 aliphatic rings. The Kier molecular flexibility index (Phi) is 6.32. The van der Waals surface area contributed by atoms with Crippen LogP contribution in [-0.4, -0.2) is 31.7 Å². The van der Waals surface area contributed by atoms with Crippen LogP contribution in [0, 0.1) is 0 Å². The second-order valence-corrected chi connectivity index (χ2v) is 6.76. The van der Waals surface area contributed by atoms with Crippen LogP contribution in [0.4, 0.5) is 5.69 Å². The number of benzene rings is 2. The van der Waals surface area contributed by atoms with Gasteiger partial charge in [0.1, 0.15) is 6.61 Å². The molecular formula is C20H22ClN3O3. The number of anilines is 1. The lowest BCUT2D eigenvalue weighted by Gasteiger charge is -2.16. The molecule has 2 aromatic carbocycles. The molecule has 2 aromatic rings. The highest BCUT2D eigenvalue weighted by Crippen LogP contribution is 2.22. The standard InChI is InChI=1S/C20H22ClN3O3/c1-26-18(14-5-7-15(21)8-6-14)19(25)23-16-9-2-13(3-10-16)4-11-17-12-27-20(22)24-17/h2-3,5-10,17-18H,4,11-12H2,1H3,(H2,22,24)(H,23,25)/t17-,18?/m0/s1. The molecule has 1 aliphatic heterocycles. The van der Waals surface area contributed by atoms with Gasteiger partial charge in [0.2, 0.25) is 0 Å². The molecule has 3 N–H and O–H groups in total. The molecule has 0 saturated heterocycles. The number of amidine groups is 1. The Morgan fingerprint density at radius 2 is 2.00 bits per heavy atom. The van der Waals surface area contributed by atoms with Crippen LogP contribution < -0.4 is 11.1 Å². The van der Waals surface area contributed by atoms with Crippen molar-refractivity contribution >= 4 is 29.2 Å². The minimum Gasteiger partial charge on any atom is -0.463 e. The molecule has 2 atom stereocenters. The normalized spacial score (nSPS) is 17.1. The lowest BCUT2D eigenvalue weighted by molar-refractivity contribution is -0.126. The predicted octanol–water partition coefficient (Wildman–Crippen LogP) is 3.31. The molecule has 3 rings (SSSR count). The van der Waals surface area contributed by atoms with Crippen LogP contribution in [0.25, 0.3) is 0 Å². The first kappa shape index (κ1) is 19.2. The highest BCUT2D eigenvalue weighted by atomic mass is 35.5. The summed E-state index contributed by atoms with van der Waals surface area (Å²) in [5.74, 6) is -0.236. The third-order valence-corrected chi connectivity index (χ3v) is 4.62. The van der Waals surface area contributed by atoms with Gasteiger partial charge >= 0.3 is 0 Å². The van der Waals surface area contributed by atoms with E-state index in [4.69, 9.17) is 26.8 Å². The zero-order valence-corrected chi connectivity index (χ0v) is 15.8. The third kappa shape index (κ3) is 5.21. The van der Waals surface area contributed by atoms with E-state index < -0.39 is 6.10 Å². The summed E-state index contributed by atoms with van der Waals surface area (Å²) >= 11 is 5.90. The van der Waals surface area contributed by atoms with Gasteiger partial charge in [-0.1, -0.05) is 35.9 Å². The van der Waals surface area contributed by atoms with Gasteiger partial charge in [-0.05, 0) is 48.2 Å². The molecule has 0 saturated carbocycles. The number of carbonyl (C=O) groups is 1. The Hall–Kier alpha value is -2.57. The van der Waals surface area contributed by atoms with Crippen LogP contribution in [0.15, 0.2) is 53.5 Å². The maximum atomic E-state index is 12.5. The lowest BCUT2D eigenvalue weighted by atomic mass is 10.1. The average Bonchev–Trinajstić information content (AvgIpc) is 3.08. The molecule has 6 nitrogen and oxygen atoms in total. The first-order chi connectivity index (χ1) is 13.0. The molecule has 1 amide bonds. The van der Waals surface area contributed by atoms with Crippen LogP contribution >= 0.6 is 11.6 Å². The van der Waals surface area contributed by atoms with Gasteiger partial charge in [-0.25, -0.2) is 4.99 Å². The van der Waals surface area contributed by atoms with Crippen LogP contribution in [0.3, 0.4) is 0 Å². The third-order valence-electron chi connectivity index (χ3n) is 4.37. The van der Waals surface area contributed by atoms with Crippen LogP contribution in [0.1, 0.15) is 23.7 Å². The molecule has 1 heterocycles. The van der Waals surface area contributed by atoms with E-state index in [-0.39, 0.29) is 18.0 Å². The zero-order chi connectivity index (χ0) is 19.2. The molecular weight excluding hydrogens is 366 g/mol. The Morgan fingerprint density at radius 1 is 1.30 bits per heavy atom. The SMILES string of the molecule is COC(C(=O)Nc1ccc(CC[C@H]2COC(N)=N2)cc1)c1ccc(Cl)cc1. The number of hydrogen-bond acceptors (Lipinski definition) is 5. The first-order valence-corrected chi connectivity index (χ1v) is 9.07. The number of amides is 1. The van der Waals surface area contributed by atoms with Crippen molar-refractivity contribution in [1.82, 2.24) is 0 Å². The summed E-state index contributed by atoms with van der Waals surface area (Å²) in [6, 6.07) is 15.1. The van der Waals surface area contributed by atoms with Gasteiger partial charge in [0, 0.05) is 17.8 Å². The van der Waals surface area contributed by atoms with Gasteiger partial charge in [-0.3, -0.25) is 4.79 Å². The number of methoxy groups -OCH3 is 1. The van der Waals surface area contributed by atoms with Gasteiger partial charge in [-0.15, -0.1) is 0 Å². The van der Waals surface area contributed by atoms with Crippen molar-refractivity contribution in [1.29, 1.82) is 0 Å². The number of ether oxygens (including phenoxy) is 2. The van der Waals surface area contributed by atoms with Crippen molar-refractivity contribution in [2.24, 2.45) is 10.7 Å². The Bertz CT molecular complexity index is 806. The summed E-state index contributed by atoms with van der Waals surface area (Å²) in [6.45, 7) is 0.545. The number of hydrogen-bond donors (Lipinski definition) is 2. The average molecular weight is 388 g/mol. The summed E-state index contributed by atoms with van der Waals surface area (Å²) in [5.41, 5.74) is 8.14. The topological polar surface area (TPSA) is 85.9 Å². The molecule has 0 bridgehead atoms. The van der Waals surface area contributed by atoms with Crippen LogP contribution in [0.2, 0.25) is 5.02 Å². The minimum absolute atomic E-state index is 0.117. The lowest BCUT2D eigenvalue weighted by Crippen LogP contribution is -2.22. The van der Waals surface area contributed by atoms with Crippen molar-refractivity contribution in [3.8, 4) is 0 Å². The number of nitrogens with one attached hydrogen (secondary N) is 1. The quantitative estimate of drug-likeness (QED) is 0.763. The van der Waals surface area contributed by atoms with E-state index in [1.807, 2.05) is 24.3 Å². The fourth-order valence-corrected chi connectivity index (χ4v) is 3.04. The van der Waals surface area contributed by atoms with E-state index in [2.05, 4.69) is 10.3 Å². The van der Waals surface area contributed by atoms with E-state index in [0.29, 0.717) is 17.3 Å². The zero-order valence-electron chi connectivity index (χ0n) is 15.0. The van der Waals surface area contributed by atoms with Crippen molar-refractivity contribution in [3.63, 3.8) is 0 Å². The summed E-state index contributed by atoms with van der Waals surface area (Å²) in [4.78, 5) is 16.8. The summed E-state index contributed by atoms with van der Waals surface area (Å²) in [6.07, 6.45) is 1.03. The second-order valence-electron chi connectivity index (χ2n) is 6.32. The predicted molar refractivity (Wildman–Crippen MR) is 106 cm³/mol. The Morgan fingerprint density at radius 3 is 2.59 bits per heavy atom. The molecule has 0 spiro atoms. The van der Waals surface area contributed by atoms with Gasteiger partial charge < -0.3 is 20.5 Å². The highest BCUT2D eigenvalue weighted by molar-refractivity contribution is 6.30. The molecule has 0 radical (unpaired) electrons. The van der Waals surface area contributed by atoms with E-state index in [9.17, 15) is 4.79 Å². The molecule has 142 valence electrons. The number of halogens is 1. The first-order valence-electron chi connectivity index (χ1n) is 8.69. The molecule has 27 heavy (non-hydrogen) atoms. The molecule has 0 aliphatic carbocycles. The number of aryl methyl sites for hydroxylation is 1. The maximum Gasteiger partial charge on any atom is 0.282 e. The van der Waals surface area contributed by atoms with E-state index in [0.717, 1.165) is 24.0 Å². The fourth-order valence-electron chi connectivity index (χ4n) is 2.91. The molecule has 0 aromatic heterocycles. The fraction of sp³-hybridized carbons (Fsp3) is 0.300. The number of carbonyl (C=O) groups excluding carboxylic acids is 1. The van der Waals surface area contributed by atoms with Crippen LogP contribution in [-0.2, 0) is 20.7 Å².